The molecule has 0 spiro atoms. The van der Waals surface area contributed by atoms with Crippen LogP contribution < -0.4 is 4.74 Å². The molecule has 0 atom stereocenters. The van der Waals surface area contributed by atoms with Crippen molar-refractivity contribution in [3.05, 3.63) is 24.3 Å². The second-order valence-corrected chi connectivity index (χ2v) is 3.54. The molecular formula is C12H15N3O3. The number of benzene rings is 1. The molecule has 0 bridgehead atoms. The minimum absolute atomic E-state index is 0.166. The molecule has 6 nitrogen and oxygen atoms in total. The first-order valence-electron chi connectivity index (χ1n) is 5.81. The smallest absolute Gasteiger partial charge is 0.374 e. The maximum atomic E-state index is 11.7. The Labute approximate surface area is 104 Å². The summed E-state index contributed by atoms with van der Waals surface area (Å²) in [5.74, 6) is 0. The predicted molar refractivity (Wildman–Crippen MR) is 66.1 cm³/mol. The summed E-state index contributed by atoms with van der Waals surface area (Å²) in [6.07, 6.45) is -0.585. The Bertz CT molecular complexity index is 505. The number of carbonyl (C=O) groups excluding carboxylic acids is 1. The zero-order chi connectivity index (χ0) is 13.0. The van der Waals surface area contributed by atoms with Gasteiger partial charge >= 0.3 is 12.1 Å². The number of para-hydroxylation sites is 2. The van der Waals surface area contributed by atoms with Crippen molar-refractivity contribution >= 4 is 17.1 Å². The predicted octanol–water partition coefficient (Wildman–Crippen LogP) is 2.34. The van der Waals surface area contributed by atoms with Gasteiger partial charge in [-0.2, -0.15) is 10.0 Å². The first kappa shape index (κ1) is 12.4. The normalized spacial score (nSPS) is 10.6. The molecule has 1 heterocycles. The Hall–Kier alpha value is -2.08. The van der Waals surface area contributed by atoms with Crippen molar-refractivity contribution in [3.63, 3.8) is 0 Å². The van der Waals surface area contributed by atoms with Gasteiger partial charge in [-0.25, -0.2) is 4.79 Å². The number of imidazole rings is 1. The van der Waals surface area contributed by atoms with Gasteiger partial charge in [0.15, 0.2) is 0 Å². The third-order valence-electron chi connectivity index (χ3n) is 2.33. The summed E-state index contributed by atoms with van der Waals surface area (Å²) in [4.78, 5) is 23.9. The third kappa shape index (κ3) is 2.60. The van der Waals surface area contributed by atoms with Crippen molar-refractivity contribution in [1.82, 2.24) is 15.0 Å². The SMILES string of the molecule is CCON(CC)C(=O)Oc1nc2ccccc2[nH]1. The number of fused-ring (bicyclic) bond motifs is 1. The number of hydroxylamine groups is 2. The molecule has 0 saturated carbocycles. The van der Waals surface area contributed by atoms with Crippen LogP contribution in [0.15, 0.2) is 24.3 Å². The van der Waals surface area contributed by atoms with Crippen LogP contribution >= 0.6 is 0 Å². The van der Waals surface area contributed by atoms with Crippen LogP contribution in [-0.2, 0) is 4.84 Å². The largest absolute Gasteiger partial charge is 0.441 e. The van der Waals surface area contributed by atoms with Crippen molar-refractivity contribution in [3.8, 4) is 6.01 Å². The first-order chi connectivity index (χ1) is 8.74. The van der Waals surface area contributed by atoms with E-state index in [0.29, 0.717) is 13.2 Å². The van der Waals surface area contributed by atoms with Crippen molar-refractivity contribution in [2.75, 3.05) is 13.2 Å². The number of H-pyrrole nitrogens is 1. The lowest BCUT2D eigenvalue weighted by molar-refractivity contribution is -0.120. The van der Waals surface area contributed by atoms with Crippen LogP contribution in [0.1, 0.15) is 13.8 Å². The van der Waals surface area contributed by atoms with Crippen molar-refractivity contribution in [1.29, 1.82) is 0 Å². The molecule has 2 aromatic rings. The lowest BCUT2D eigenvalue weighted by Gasteiger charge is -2.17. The van der Waals surface area contributed by atoms with Gasteiger partial charge in [-0.15, -0.1) is 0 Å². The fraction of sp³-hybridized carbons (Fsp3) is 0.333. The van der Waals surface area contributed by atoms with E-state index >= 15 is 0 Å². The lowest BCUT2D eigenvalue weighted by atomic mass is 10.3. The highest BCUT2D eigenvalue weighted by atomic mass is 16.7. The number of hydrogen-bond acceptors (Lipinski definition) is 4. The minimum Gasteiger partial charge on any atom is -0.374 e. The van der Waals surface area contributed by atoms with E-state index in [1.165, 1.54) is 0 Å². The van der Waals surface area contributed by atoms with Crippen LogP contribution in [0.4, 0.5) is 4.79 Å². The van der Waals surface area contributed by atoms with Gasteiger partial charge in [0, 0.05) is 6.54 Å². The molecule has 2 rings (SSSR count). The van der Waals surface area contributed by atoms with E-state index in [1.807, 2.05) is 24.3 Å². The highest BCUT2D eigenvalue weighted by molar-refractivity contribution is 5.76. The molecule has 18 heavy (non-hydrogen) atoms. The lowest BCUT2D eigenvalue weighted by Crippen LogP contribution is -2.33. The van der Waals surface area contributed by atoms with Crippen LogP contribution in [0.2, 0.25) is 0 Å². The second kappa shape index (κ2) is 5.50. The number of aromatic amines is 1. The van der Waals surface area contributed by atoms with Crippen LogP contribution in [0.25, 0.3) is 11.0 Å². The first-order valence-corrected chi connectivity index (χ1v) is 5.81. The molecule has 1 aromatic heterocycles. The molecule has 0 aliphatic carbocycles. The van der Waals surface area contributed by atoms with Crippen LogP contribution in [0.3, 0.4) is 0 Å². The summed E-state index contributed by atoms with van der Waals surface area (Å²) in [7, 11) is 0. The van der Waals surface area contributed by atoms with Gasteiger partial charge in [-0.05, 0) is 26.0 Å². The molecule has 96 valence electrons. The molecule has 0 unspecified atom stereocenters. The van der Waals surface area contributed by atoms with E-state index < -0.39 is 6.09 Å². The Morgan fingerprint density at radius 2 is 2.17 bits per heavy atom. The summed E-state index contributed by atoms with van der Waals surface area (Å²) in [6, 6.07) is 7.61. The van der Waals surface area contributed by atoms with Crippen molar-refractivity contribution in [2.24, 2.45) is 0 Å². The topological polar surface area (TPSA) is 67.4 Å². The van der Waals surface area contributed by atoms with Gasteiger partial charge in [0.05, 0.1) is 17.6 Å². The third-order valence-corrected chi connectivity index (χ3v) is 2.33. The molecule has 0 aliphatic rings. The van der Waals surface area contributed by atoms with Gasteiger partial charge in [-0.3, -0.25) is 4.84 Å². The van der Waals surface area contributed by atoms with E-state index in [1.54, 1.807) is 13.8 Å². The Kier molecular flexibility index (Phi) is 3.78. The summed E-state index contributed by atoms with van der Waals surface area (Å²) in [6.45, 7) is 4.42. The van der Waals surface area contributed by atoms with Gasteiger partial charge in [-0.1, -0.05) is 12.1 Å². The Morgan fingerprint density at radius 3 is 2.83 bits per heavy atom. The highest BCUT2D eigenvalue weighted by Gasteiger charge is 2.16. The molecular weight excluding hydrogens is 234 g/mol. The number of ether oxygens (including phenoxy) is 1. The zero-order valence-electron chi connectivity index (χ0n) is 10.3. The zero-order valence-corrected chi connectivity index (χ0v) is 10.3. The average Bonchev–Trinajstić information content (AvgIpc) is 2.77. The number of nitrogens with zero attached hydrogens (tertiary/aromatic N) is 2. The molecule has 6 heteroatoms. The fourth-order valence-electron chi connectivity index (χ4n) is 1.54. The maximum absolute atomic E-state index is 11.7. The Morgan fingerprint density at radius 1 is 1.39 bits per heavy atom. The summed E-state index contributed by atoms with van der Waals surface area (Å²) < 4.78 is 5.10. The molecule has 0 saturated heterocycles. The van der Waals surface area contributed by atoms with E-state index in [2.05, 4.69) is 9.97 Å². The number of aromatic nitrogens is 2. The summed E-state index contributed by atoms with van der Waals surface area (Å²) in [5.41, 5.74) is 1.57. The van der Waals surface area contributed by atoms with Crippen LogP contribution in [0, 0.1) is 0 Å². The number of nitrogens with one attached hydrogen (secondary N) is 1. The van der Waals surface area contributed by atoms with Crippen molar-refractivity contribution < 1.29 is 14.4 Å². The number of rotatable bonds is 4. The number of carbonyl (C=O) groups is 1. The van der Waals surface area contributed by atoms with E-state index in [-0.39, 0.29) is 6.01 Å². The number of hydrogen-bond donors (Lipinski definition) is 1. The van der Waals surface area contributed by atoms with E-state index in [0.717, 1.165) is 16.1 Å². The molecule has 1 aromatic carbocycles. The monoisotopic (exact) mass is 249 g/mol. The molecule has 1 amide bonds. The molecule has 0 fully saturated rings. The summed E-state index contributed by atoms with van der Waals surface area (Å²) in [5, 5.41) is 1.15. The molecule has 1 N–H and O–H groups in total. The second-order valence-electron chi connectivity index (χ2n) is 3.54. The van der Waals surface area contributed by atoms with E-state index in [9.17, 15) is 4.79 Å². The van der Waals surface area contributed by atoms with Gasteiger partial charge in [0.25, 0.3) is 0 Å². The van der Waals surface area contributed by atoms with Crippen molar-refractivity contribution in [2.45, 2.75) is 13.8 Å². The average molecular weight is 249 g/mol. The molecule has 0 radical (unpaired) electrons. The minimum atomic E-state index is -0.585. The van der Waals surface area contributed by atoms with E-state index in [4.69, 9.17) is 9.57 Å². The number of amides is 1. The fourth-order valence-corrected chi connectivity index (χ4v) is 1.54. The maximum Gasteiger partial charge on any atom is 0.441 e. The quantitative estimate of drug-likeness (QED) is 0.844. The summed E-state index contributed by atoms with van der Waals surface area (Å²) >= 11 is 0. The van der Waals surface area contributed by atoms with Gasteiger partial charge < -0.3 is 9.72 Å². The van der Waals surface area contributed by atoms with Gasteiger partial charge in [0.2, 0.25) is 0 Å². The highest BCUT2D eigenvalue weighted by Crippen LogP contribution is 2.15. The van der Waals surface area contributed by atoms with Crippen LogP contribution in [0.5, 0.6) is 6.01 Å². The van der Waals surface area contributed by atoms with Crippen LogP contribution in [-0.4, -0.2) is 34.3 Å². The van der Waals surface area contributed by atoms with Gasteiger partial charge in [0.1, 0.15) is 0 Å². The Balaban J connectivity index is 2.10. The standard InChI is InChI=1S/C12H15N3O3/c1-3-15(17-4-2)12(16)18-11-13-9-7-5-6-8-10(9)14-11/h5-8H,3-4H2,1-2H3,(H,13,14). The molecule has 0 aliphatic heterocycles.